The minimum Gasteiger partial charge on any atom is -0.496 e. The van der Waals surface area contributed by atoms with E-state index in [1.807, 2.05) is 19.1 Å². The lowest BCUT2D eigenvalue weighted by Crippen LogP contribution is -2.21. The molecule has 5 nitrogen and oxygen atoms in total. The normalized spacial score (nSPS) is 13.6. The third-order valence-electron chi connectivity index (χ3n) is 3.41. The lowest BCUT2D eigenvalue weighted by Gasteiger charge is -2.16. The van der Waals surface area contributed by atoms with E-state index < -0.39 is 10.8 Å². The van der Waals surface area contributed by atoms with Crippen LogP contribution in [-0.2, 0) is 17.3 Å². The lowest BCUT2D eigenvalue weighted by molar-refractivity contribution is 0.366. The molecule has 1 aromatic rings. The van der Waals surface area contributed by atoms with Gasteiger partial charge in [0.1, 0.15) is 17.2 Å². The van der Waals surface area contributed by atoms with Crippen LogP contribution in [0.5, 0.6) is 17.2 Å². The molecule has 0 saturated heterocycles. The maximum Gasteiger partial charge on any atom is 0.130 e. The van der Waals surface area contributed by atoms with Crippen LogP contribution in [0.15, 0.2) is 12.1 Å². The first kappa shape index (κ1) is 17.8. The molecule has 120 valence electrons. The zero-order valence-electron chi connectivity index (χ0n) is 13.4. The number of hydrogen-bond donors (Lipinski definition) is 1. The van der Waals surface area contributed by atoms with E-state index >= 15 is 0 Å². The van der Waals surface area contributed by atoms with Gasteiger partial charge >= 0.3 is 0 Å². The van der Waals surface area contributed by atoms with Gasteiger partial charge in [-0.15, -0.1) is 0 Å². The molecule has 0 bridgehead atoms. The molecule has 0 aliphatic rings. The second-order valence-electron chi connectivity index (χ2n) is 4.79. The summed E-state index contributed by atoms with van der Waals surface area (Å²) < 4.78 is 27.3. The number of hydrogen-bond acceptors (Lipinski definition) is 5. The van der Waals surface area contributed by atoms with Gasteiger partial charge in [0.05, 0.1) is 26.9 Å². The first-order chi connectivity index (χ1) is 10.0. The average Bonchev–Trinajstić information content (AvgIpc) is 2.50. The summed E-state index contributed by atoms with van der Waals surface area (Å²) in [4.78, 5) is 0. The van der Waals surface area contributed by atoms with Crippen LogP contribution in [0.25, 0.3) is 0 Å². The fourth-order valence-corrected chi connectivity index (χ4v) is 2.39. The van der Waals surface area contributed by atoms with Crippen LogP contribution in [0, 0.1) is 0 Å². The molecule has 0 heterocycles. The standard InChI is InChI=1S/C15H25NO4S/c1-11(21(5)17)6-7-16-10-13-14(19-3)8-12(18-2)9-15(13)20-4/h8-9,11,16H,6-7,10H2,1-5H3. The average molecular weight is 315 g/mol. The van der Waals surface area contributed by atoms with Crippen LogP contribution in [0.2, 0.25) is 0 Å². The van der Waals surface area contributed by atoms with Crippen molar-refractivity contribution in [2.45, 2.75) is 25.1 Å². The van der Waals surface area contributed by atoms with Gasteiger partial charge < -0.3 is 19.5 Å². The topological polar surface area (TPSA) is 56.8 Å². The van der Waals surface area contributed by atoms with Crippen molar-refractivity contribution >= 4 is 10.8 Å². The highest BCUT2D eigenvalue weighted by Gasteiger charge is 2.13. The molecule has 0 aromatic heterocycles. The molecule has 0 aliphatic carbocycles. The Morgan fingerprint density at radius 1 is 1.14 bits per heavy atom. The van der Waals surface area contributed by atoms with E-state index in [9.17, 15) is 4.21 Å². The Hall–Kier alpha value is -1.27. The minimum absolute atomic E-state index is 0.192. The Labute approximate surface area is 129 Å². The molecule has 0 aliphatic heterocycles. The summed E-state index contributed by atoms with van der Waals surface area (Å²) in [6.45, 7) is 3.41. The minimum atomic E-state index is -0.781. The van der Waals surface area contributed by atoms with Gasteiger partial charge in [0.2, 0.25) is 0 Å². The van der Waals surface area contributed by atoms with Crippen LogP contribution in [0.3, 0.4) is 0 Å². The molecule has 0 fully saturated rings. The Kier molecular flexibility index (Phi) is 7.53. The van der Waals surface area contributed by atoms with Gasteiger partial charge in [-0.25, -0.2) is 0 Å². The van der Waals surface area contributed by atoms with E-state index in [2.05, 4.69) is 5.32 Å². The van der Waals surface area contributed by atoms with Crippen molar-refractivity contribution in [2.75, 3.05) is 34.1 Å². The molecule has 6 heteroatoms. The Morgan fingerprint density at radius 2 is 1.71 bits per heavy atom. The molecule has 0 spiro atoms. The maximum atomic E-state index is 11.3. The molecule has 2 unspecified atom stereocenters. The summed E-state index contributed by atoms with van der Waals surface area (Å²) in [6.07, 6.45) is 2.60. The quantitative estimate of drug-likeness (QED) is 0.706. The van der Waals surface area contributed by atoms with E-state index in [0.717, 1.165) is 30.0 Å². The highest BCUT2D eigenvalue weighted by atomic mass is 32.2. The summed E-state index contributed by atoms with van der Waals surface area (Å²) in [7, 11) is 4.08. The summed E-state index contributed by atoms with van der Waals surface area (Å²) in [5, 5.41) is 3.53. The first-order valence-corrected chi connectivity index (χ1v) is 8.47. The molecule has 2 atom stereocenters. The van der Waals surface area contributed by atoms with Crippen LogP contribution < -0.4 is 19.5 Å². The molecule has 0 saturated carbocycles. The van der Waals surface area contributed by atoms with Crippen molar-refractivity contribution in [3.05, 3.63) is 17.7 Å². The molecular formula is C15H25NO4S. The van der Waals surface area contributed by atoms with Crippen LogP contribution in [-0.4, -0.2) is 43.6 Å². The highest BCUT2D eigenvalue weighted by Crippen LogP contribution is 2.33. The lowest BCUT2D eigenvalue weighted by atomic mass is 10.1. The largest absolute Gasteiger partial charge is 0.496 e. The van der Waals surface area contributed by atoms with Crippen molar-refractivity contribution in [1.29, 1.82) is 0 Å². The van der Waals surface area contributed by atoms with Crippen molar-refractivity contribution < 1.29 is 18.4 Å². The predicted molar refractivity (Wildman–Crippen MR) is 86.0 cm³/mol. The van der Waals surface area contributed by atoms with Gasteiger partial charge in [0.25, 0.3) is 0 Å². The second kappa shape index (κ2) is 8.89. The third kappa shape index (κ3) is 5.21. The second-order valence-corrected chi connectivity index (χ2v) is 6.59. The molecular weight excluding hydrogens is 290 g/mol. The first-order valence-electron chi connectivity index (χ1n) is 6.85. The fraction of sp³-hybridized carbons (Fsp3) is 0.600. The smallest absolute Gasteiger partial charge is 0.130 e. The van der Waals surface area contributed by atoms with Crippen LogP contribution >= 0.6 is 0 Å². The predicted octanol–water partition coefficient (Wildman–Crippen LogP) is 1.96. The number of rotatable bonds is 9. The Morgan fingerprint density at radius 3 is 2.14 bits per heavy atom. The van der Waals surface area contributed by atoms with Gasteiger partial charge in [-0.05, 0) is 13.0 Å². The summed E-state index contributed by atoms with van der Waals surface area (Å²) in [5.41, 5.74) is 0.950. The Balaban J connectivity index is 2.71. The maximum absolute atomic E-state index is 11.3. The zero-order chi connectivity index (χ0) is 15.8. The van der Waals surface area contributed by atoms with E-state index in [1.165, 1.54) is 0 Å². The van der Waals surface area contributed by atoms with Crippen molar-refractivity contribution in [3.63, 3.8) is 0 Å². The number of nitrogens with one attached hydrogen (secondary N) is 1. The van der Waals surface area contributed by atoms with E-state index in [0.29, 0.717) is 12.3 Å². The highest BCUT2D eigenvalue weighted by molar-refractivity contribution is 7.84. The van der Waals surface area contributed by atoms with Crippen molar-refractivity contribution in [1.82, 2.24) is 5.32 Å². The SMILES string of the molecule is COc1cc(OC)c(CNCCC(C)S(C)=O)c(OC)c1. The van der Waals surface area contributed by atoms with Crippen LogP contribution in [0.4, 0.5) is 0 Å². The summed E-state index contributed by atoms with van der Waals surface area (Å²) in [5.74, 6) is 2.15. The molecule has 1 N–H and O–H groups in total. The van der Waals surface area contributed by atoms with Gasteiger partial charge in [0, 0.05) is 41.0 Å². The van der Waals surface area contributed by atoms with Gasteiger partial charge in [-0.3, -0.25) is 4.21 Å². The van der Waals surface area contributed by atoms with Crippen molar-refractivity contribution in [3.8, 4) is 17.2 Å². The number of methoxy groups -OCH3 is 3. The van der Waals surface area contributed by atoms with Gasteiger partial charge in [0.15, 0.2) is 0 Å². The molecule has 21 heavy (non-hydrogen) atoms. The zero-order valence-corrected chi connectivity index (χ0v) is 14.2. The van der Waals surface area contributed by atoms with E-state index in [1.54, 1.807) is 27.6 Å². The van der Waals surface area contributed by atoms with Crippen molar-refractivity contribution in [2.24, 2.45) is 0 Å². The van der Waals surface area contributed by atoms with Gasteiger partial charge in [-0.1, -0.05) is 6.92 Å². The molecule has 0 radical (unpaired) electrons. The van der Waals surface area contributed by atoms with E-state index in [-0.39, 0.29) is 5.25 Å². The summed E-state index contributed by atoms with van der Waals surface area (Å²) in [6, 6.07) is 3.67. The number of benzene rings is 1. The molecule has 0 amide bonds. The summed E-state index contributed by atoms with van der Waals surface area (Å²) >= 11 is 0. The van der Waals surface area contributed by atoms with Gasteiger partial charge in [-0.2, -0.15) is 0 Å². The Bertz CT molecular complexity index is 454. The number of ether oxygens (including phenoxy) is 3. The third-order valence-corrected chi connectivity index (χ3v) is 4.78. The molecule has 1 aromatic carbocycles. The fourth-order valence-electron chi connectivity index (χ4n) is 1.94. The monoisotopic (exact) mass is 315 g/mol. The molecule has 1 rings (SSSR count). The van der Waals surface area contributed by atoms with E-state index in [4.69, 9.17) is 14.2 Å². The van der Waals surface area contributed by atoms with Crippen LogP contribution in [0.1, 0.15) is 18.9 Å².